The Morgan fingerprint density at radius 3 is 2.79 bits per heavy atom. The maximum atomic E-state index is 5.95. The topological polar surface area (TPSA) is 21.3 Å². The first-order valence-electron chi connectivity index (χ1n) is 6.63. The maximum absolute atomic E-state index is 5.95. The Hall–Kier alpha value is -1.19. The second kappa shape index (κ2) is 7.41. The van der Waals surface area contributed by atoms with Gasteiger partial charge in [0.2, 0.25) is 0 Å². The SMILES string of the molecule is CNCc1c(OCCCSC)ccc2ccccc12. The molecule has 0 saturated carbocycles. The Bertz CT molecular complexity index is 527. The van der Waals surface area contributed by atoms with Gasteiger partial charge >= 0.3 is 0 Å². The monoisotopic (exact) mass is 275 g/mol. The molecule has 102 valence electrons. The molecular weight excluding hydrogens is 254 g/mol. The van der Waals surface area contributed by atoms with Crippen molar-refractivity contribution in [2.45, 2.75) is 13.0 Å². The Labute approximate surface area is 119 Å². The zero-order chi connectivity index (χ0) is 13.5. The average Bonchev–Trinajstić information content (AvgIpc) is 2.45. The number of rotatable bonds is 7. The van der Waals surface area contributed by atoms with Crippen LogP contribution in [0.15, 0.2) is 36.4 Å². The summed E-state index contributed by atoms with van der Waals surface area (Å²) in [6.45, 7) is 1.62. The van der Waals surface area contributed by atoms with Gasteiger partial charge in [-0.2, -0.15) is 11.8 Å². The normalized spacial score (nSPS) is 10.8. The standard InChI is InChI=1S/C16H21NOS/c1-17-12-15-14-7-4-3-6-13(14)8-9-16(15)18-10-5-11-19-2/h3-4,6-9,17H,5,10-12H2,1-2H3. The number of hydrogen-bond donors (Lipinski definition) is 1. The van der Waals surface area contributed by atoms with Crippen LogP contribution in [-0.4, -0.2) is 25.7 Å². The highest BCUT2D eigenvalue weighted by Crippen LogP contribution is 2.28. The van der Waals surface area contributed by atoms with E-state index in [-0.39, 0.29) is 0 Å². The van der Waals surface area contributed by atoms with E-state index in [1.807, 2.05) is 18.8 Å². The van der Waals surface area contributed by atoms with Gasteiger partial charge in [-0.05, 0) is 42.3 Å². The molecule has 0 fully saturated rings. The second-order valence-corrected chi connectivity index (χ2v) is 5.47. The third-order valence-electron chi connectivity index (χ3n) is 3.10. The molecule has 0 radical (unpaired) electrons. The number of hydrogen-bond acceptors (Lipinski definition) is 3. The molecule has 0 amide bonds. The summed E-state index contributed by atoms with van der Waals surface area (Å²) in [6, 6.07) is 12.7. The minimum Gasteiger partial charge on any atom is -0.493 e. The van der Waals surface area contributed by atoms with Gasteiger partial charge in [0.1, 0.15) is 5.75 Å². The van der Waals surface area contributed by atoms with E-state index >= 15 is 0 Å². The van der Waals surface area contributed by atoms with Crippen LogP contribution in [0.1, 0.15) is 12.0 Å². The smallest absolute Gasteiger partial charge is 0.124 e. The van der Waals surface area contributed by atoms with Crippen LogP contribution in [0.2, 0.25) is 0 Å². The lowest BCUT2D eigenvalue weighted by Gasteiger charge is -2.14. The number of thioether (sulfide) groups is 1. The van der Waals surface area contributed by atoms with Crippen molar-refractivity contribution in [2.24, 2.45) is 0 Å². The predicted molar refractivity (Wildman–Crippen MR) is 85.2 cm³/mol. The number of nitrogens with one attached hydrogen (secondary N) is 1. The lowest BCUT2D eigenvalue weighted by molar-refractivity contribution is 0.315. The fraction of sp³-hybridized carbons (Fsp3) is 0.375. The summed E-state index contributed by atoms with van der Waals surface area (Å²) in [5.41, 5.74) is 1.25. The van der Waals surface area contributed by atoms with Crippen LogP contribution in [-0.2, 0) is 6.54 Å². The van der Waals surface area contributed by atoms with Gasteiger partial charge in [-0.25, -0.2) is 0 Å². The largest absolute Gasteiger partial charge is 0.493 e. The van der Waals surface area contributed by atoms with Crippen LogP contribution in [0.25, 0.3) is 10.8 Å². The van der Waals surface area contributed by atoms with Crippen LogP contribution < -0.4 is 10.1 Å². The van der Waals surface area contributed by atoms with Crippen molar-refractivity contribution in [1.82, 2.24) is 5.32 Å². The quantitative estimate of drug-likeness (QED) is 0.779. The zero-order valence-corrected chi connectivity index (χ0v) is 12.4. The molecule has 0 saturated heterocycles. The van der Waals surface area contributed by atoms with Crippen LogP contribution in [0.5, 0.6) is 5.75 Å². The fourth-order valence-electron chi connectivity index (χ4n) is 2.20. The van der Waals surface area contributed by atoms with Crippen LogP contribution in [0.4, 0.5) is 0 Å². The van der Waals surface area contributed by atoms with E-state index in [0.717, 1.165) is 31.1 Å². The molecule has 0 aromatic heterocycles. The van der Waals surface area contributed by atoms with Gasteiger partial charge in [0, 0.05) is 12.1 Å². The highest BCUT2D eigenvalue weighted by Gasteiger charge is 2.07. The van der Waals surface area contributed by atoms with Gasteiger partial charge in [-0.15, -0.1) is 0 Å². The first-order valence-corrected chi connectivity index (χ1v) is 8.03. The molecule has 1 N–H and O–H groups in total. The van der Waals surface area contributed by atoms with Gasteiger partial charge in [-0.3, -0.25) is 0 Å². The van der Waals surface area contributed by atoms with Gasteiger partial charge in [0.15, 0.2) is 0 Å². The molecule has 0 heterocycles. The first kappa shape index (κ1) is 14.2. The molecule has 0 atom stereocenters. The highest BCUT2D eigenvalue weighted by molar-refractivity contribution is 7.98. The predicted octanol–water partition coefficient (Wildman–Crippen LogP) is 3.69. The molecule has 0 aliphatic carbocycles. The Kier molecular flexibility index (Phi) is 5.55. The van der Waals surface area contributed by atoms with E-state index in [1.54, 1.807) is 0 Å². The fourth-order valence-corrected chi connectivity index (χ4v) is 2.60. The molecule has 0 spiro atoms. The summed E-state index contributed by atoms with van der Waals surface area (Å²) in [4.78, 5) is 0. The summed E-state index contributed by atoms with van der Waals surface area (Å²) in [5, 5.41) is 5.78. The molecule has 2 aromatic carbocycles. The lowest BCUT2D eigenvalue weighted by Crippen LogP contribution is -2.09. The Morgan fingerprint density at radius 2 is 2.00 bits per heavy atom. The van der Waals surface area contributed by atoms with Crippen molar-refractivity contribution < 1.29 is 4.74 Å². The van der Waals surface area contributed by atoms with E-state index < -0.39 is 0 Å². The molecule has 0 unspecified atom stereocenters. The molecule has 0 aliphatic heterocycles. The van der Waals surface area contributed by atoms with Gasteiger partial charge in [0.05, 0.1) is 6.61 Å². The number of fused-ring (bicyclic) bond motifs is 1. The minimum atomic E-state index is 0.788. The van der Waals surface area contributed by atoms with Crippen molar-refractivity contribution in [3.63, 3.8) is 0 Å². The third-order valence-corrected chi connectivity index (χ3v) is 3.80. The Morgan fingerprint density at radius 1 is 1.16 bits per heavy atom. The summed E-state index contributed by atoms with van der Waals surface area (Å²) < 4.78 is 5.95. The van der Waals surface area contributed by atoms with E-state index in [4.69, 9.17) is 4.74 Å². The maximum Gasteiger partial charge on any atom is 0.124 e. The average molecular weight is 275 g/mol. The van der Waals surface area contributed by atoms with Crippen molar-refractivity contribution in [3.8, 4) is 5.75 Å². The van der Waals surface area contributed by atoms with Gasteiger partial charge in [-0.1, -0.05) is 30.3 Å². The first-order chi connectivity index (χ1) is 9.36. The van der Waals surface area contributed by atoms with E-state index in [9.17, 15) is 0 Å². The molecule has 0 aliphatic rings. The molecule has 0 bridgehead atoms. The molecular formula is C16H21NOS. The molecule has 2 rings (SSSR count). The van der Waals surface area contributed by atoms with E-state index in [1.165, 1.54) is 16.3 Å². The second-order valence-electron chi connectivity index (χ2n) is 4.49. The van der Waals surface area contributed by atoms with Crippen LogP contribution >= 0.6 is 11.8 Å². The number of benzene rings is 2. The molecule has 2 nitrogen and oxygen atoms in total. The zero-order valence-electron chi connectivity index (χ0n) is 11.6. The van der Waals surface area contributed by atoms with Gasteiger partial charge in [0.25, 0.3) is 0 Å². The summed E-state index contributed by atoms with van der Waals surface area (Å²) in [5.74, 6) is 2.16. The lowest BCUT2D eigenvalue weighted by atomic mass is 10.0. The van der Waals surface area contributed by atoms with E-state index in [0.29, 0.717) is 0 Å². The Balaban J connectivity index is 2.24. The van der Waals surface area contributed by atoms with Crippen LogP contribution in [0.3, 0.4) is 0 Å². The van der Waals surface area contributed by atoms with Crippen LogP contribution in [0, 0.1) is 0 Å². The van der Waals surface area contributed by atoms with Crippen molar-refractivity contribution in [2.75, 3.05) is 25.7 Å². The summed E-state index contributed by atoms with van der Waals surface area (Å²) in [6.07, 6.45) is 3.22. The summed E-state index contributed by atoms with van der Waals surface area (Å²) >= 11 is 1.86. The molecule has 3 heteroatoms. The third kappa shape index (κ3) is 3.64. The van der Waals surface area contributed by atoms with Crippen molar-refractivity contribution in [3.05, 3.63) is 42.0 Å². The molecule has 2 aromatic rings. The van der Waals surface area contributed by atoms with Crippen molar-refractivity contribution >= 4 is 22.5 Å². The van der Waals surface area contributed by atoms with Gasteiger partial charge < -0.3 is 10.1 Å². The molecule has 19 heavy (non-hydrogen) atoms. The number of ether oxygens (including phenoxy) is 1. The minimum absolute atomic E-state index is 0.788. The highest BCUT2D eigenvalue weighted by atomic mass is 32.2. The van der Waals surface area contributed by atoms with E-state index in [2.05, 4.69) is 48.0 Å². The van der Waals surface area contributed by atoms with Crippen molar-refractivity contribution in [1.29, 1.82) is 0 Å². The summed E-state index contributed by atoms with van der Waals surface area (Å²) in [7, 11) is 1.97.